The largest absolute Gasteiger partial charge is 0.243 e. The second-order valence-corrected chi connectivity index (χ2v) is 9.95. The molecule has 0 N–H and O–H groups in total. The Labute approximate surface area is 122 Å². The predicted octanol–water partition coefficient (Wildman–Crippen LogP) is 1.29. The minimum atomic E-state index is -3.64. The summed E-state index contributed by atoms with van der Waals surface area (Å²) in [5, 5.41) is 1.53. The molecule has 0 aliphatic carbocycles. The molecule has 0 bridgehead atoms. The zero-order valence-electron chi connectivity index (χ0n) is 10.2. The van der Waals surface area contributed by atoms with E-state index in [4.69, 9.17) is 11.6 Å². The third kappa shape index (κ3) is 3.13. The highest BCUT2D eigenvalue weighted by atomic mass is 35.5. The van der Waals surface area contributed by atoms with Gasteiger partial charge in [0.2, 0.25) is 10.0 Å². The van der Waals surface area contributed by atoms with E-state index in [2.05, 4.69) is 0 Å². The summed E-state index contributed by atoms with van der Waals surface area (Å²) in [6.45, 7) is 0. The Hall–Kier alpha value is -0.150. The van der Waals surface area contributed by atoms with Crippen LogP contribution in [0.3, 0.4) is 0 Å². The number of hydrogen-bond acceptors (Lipinski definition) is 5. The standard InChI is InChI=1S/C10H14ClNO4S3/c1-12(8-2-3-18(13,14)7-8)19(15,16)10-4-9(5-11)17-6-10/h4,6,8H,2-3,5,7H2,1H3. The van der Waals surface area contributed by atoms with Crippen molar-refractivity contribution in [3.8, 4) is 0 Å². The van der Waals surface area contributed by atoms with Gasteiger partial charge in [0.25, 0.3) is 0 Å². The number of sulfone groups is 1. The maximum atomic E-state index is 12.4. The summed E-state index contributed by atoms with van der Waals surface area (Å²) >= 11 is 6.94. The molecule has 1 unspecified atom stereocenters. The minimum Gasteiger partial charge on any atom is -0.229 e. The van der Waals surface area contributed by atoms with Crippen LogP contribution < -0.4 is 0 Å². The lowest BCUT2D eigenvalue weighted by Gasteiger charge is -2.22. The molecule has 5 nitrogen and oxygen atoms in total. The van der Waals surface area contributed by atoms with Crippen LogP contribution in [-0.2, 0) is 25.7 Å². The van der Waals surface area contributed by atoms with Crippen LogP contribution in [0.2, 0.25) is 0 Å². The van der Waals surface area contributed by atoms with E-state index in [1.807, 2.05) is 0 Å². The van der Waals surface area contributed by atoms with Gasteiger partial charge in [-0.05, 0) is 12.5 Å². The SMILES string of the molecule is CN(C1CCS(=O)(=O)C1)S(=O)(=O)c1csc(CCl)c1. The Kier molecular flexibility index (Phi) is 4.27. The molecule has 1 aromatic rings. The normalized spacial score (nSPS) is 23.0. The van der Waals surface area contributed by atoms with Gasteiger partial charge in [0, 0.05) is 23.3 Å². The molecule has 0 aromatic carbocycles. The van der Waals surface area contributed by atoms with Gasteiger partial charge in [0.1, 0.15) is 0 Å². The molecule has 2 heterocycles. The fraction of sp³-hybridized carbons (Fsp3) is 0.600. The Morgan fingerprint density at radius 3 is 2.68 bits per heavy atom. The fourth-order valence-electron chi connectivity index (χ4n) is 1.99. The lowest BCUT2D eigenvalue weighted by molar-refractivity contribution is 0.394. The van der Waals surface area contributed by atoms with Gasteiger partial charge < -0.3 is 0 Å². The molecule has 1 atom stereocenters. The Morgan fingerprint density at radius 1 is 1.53 bits per heavy atom. The van der Waals surface area contributed by atoms with Crippen molar-refractivity contribution in [2.75, 3.05) is 18.6 Å². The van der Waals surface area contributed by atoms with Crippen molar-refractivity contribution in [2.24, 2.45) is 0 Å². The summed E-state index contributed by atoms with van der Waals surface area (Å²) in [5.41, 5.74) is 0. The van der Waals surface area contributed by atoms with Crippen molar-refractivity contribution >= 4 is 42.8 Å². The molecule has 0 saturated carbocycles. The number of rotatable bonds is 4. The molecular weight excluding hydrogens is 330 g/mol. The highest BCUT2D eigenvalue weighted by Crippen LogP contribution is 2.27. The van der Waals surface area contributed by atoms with Crippen LogP contribution in [0.15, 0.2) is 16.3 Å². The topological polar surface area (TPSA) is 71.5 Å². The molecule has 0 amide bonds. The minimum absolute atomic E-state index is 0.0497. The molecular formula is C10H14ClNO4S3. The number of nitrogens with zero attached hydrogens (tertiary/aromatic N) is 1. The van der Waals surface area contributed by atoms with E-state index in [9.17, 15) is 16.8 Å². The van der Waals surface area contributed by atoms with E-state index < -0.39 is 25.9 Å². The molecule has 1 aliphatic rings. The van der Waals surface area contributed by atoms with Crippen LogP contribution in [0.4, 0.5) is 0 Å². The first-order chi connectivity index (χ1) is 8.76. The Balaban J connectivity index is 2.25. The molecule has 9 heteroatoms. The third-order valence-corrected chi connectivity index (χ3v) is 8.33. The van der Waals surface area contributed by atoms with E-state index >= 15 is 0 Å². The average molecular weight is 344 g/mol. The molecule has 1 aliphatic heterocycles. The molecule has 108 valence electrons. The van der Waals surface area contributed by atoms with E-state index in [0.29, 0.717) is 6.42 Å². The van der Waals surface area contributed by atoms with Gasteiger partial charge in [-0.15, -0.1) is 22.9 Å². The maximum Gasteiger partial charge on any atom is 0.243 e. The molecule has 1 fully saturated rings. The van der Waals surface area contributed by atoms with Crippen molar-refractivity contribution in [1.29, 1.82) is 0 Å². The molecule has 0 spiro atoms. The zero-order chi connectivity index (χ0) is 14.3. The molecule has 1 aromatic heterocycles. The van der Waals surface area contributed by atoms with Crippen molar-refractivity contribution in [3.63, 3.8) is 0 Å². The van der Waals surface area contributed by atoms with Gasteiger partial charge >= 0.3 is 0 Å². The van der Waals surface area contributed by atoms with E-state index in [0.717, 1.165) is 9.18 Å². The highest BCUT2D eigenvalue weighted by Gasteiger charge is 2.36. The summed E-state index contributed by atoms with van der Waals surface area (Å²) in [6.07, 6.45) is 0.352. The molecule has 2 rings (SSSR count). The van der Waals surface area contributed by atoms with Gasteiger partial charge in [-0.3, -0.25) is 0 Å². The highest BCUT2D eigenvalue weighted by molar-refractivity contribution is 7.92. The summed E-state index contributed by atoms with van der Waals surface area (Å²) in [6, 6.07) is 1.06. The van der Waals surface area contributed by atoms with Gasteiger partial charge in [-0.25, -0.2) is 16.8 Å². The van der Waals surface area contributed by atoms with E-state index in [1.165, 1.54) is 29.8 Å². The second kappa shape index (κ2) is 5.33. The number of thiophene rings is 1. The van der Waals surface area contributed by atoms with Crippen LogP contribution in [0.5, 0.6) is 0 Å². The maximum absolute atomic E-state index is 12.4. The predicted molar refractivity (Wildman–Crippen MR) is 75.9 cm³/mol. The van der Waals surface area contributed by atoms with E-state index in [1.54, 1.807) is 0 Å². The number of hydrogen-bond donors (Lipinski definition) is 0. The fourth-order valence-corrected chi connectivity index (χ4v) is 6.62. The van der Waals surface area contributed by atoms with E-state index in [-0.39, 0.29) is 22.3 Å². The monoisotopic (exact) mass is 343 g/mol. The summed E-state index contributed by atoms with van der Waals surface area (Å²) in [5.74, 6) is 0.213. The average Bonchev–Trinajstić information content (AvgIpc) is 2.94. The zero-order valence-corrected chi connectivity index (χ0v) is 13.4. The number of halogens is 1. The van der Waals surface area contributed by atoms with Gasteiger partial charge in [0.05, 0.1) is 22.3 Å². The van der Waals surface area contributed by atoms with Gasteiger partial charge in [0.15, 0.2) is 9.84 Å². The van der Waals surface area contributed by atoms with Gasteiger partial charge in [-0.2, -0.15) is 4.31 Å². The van der Waals surface area contributed by atoms with Crippen LogP contribution in [0, 0.1) is 0 Å². The van der Waals surface area contributed by atoms with Crippen molar-refractivity contribution in [3.05, 3.63) is 16.3 Å². The van der Waals surface area contributed by atoms with Crippen LogP contribution in [-0.4, -0.2) is 45.7 Å². The van der Waals surface area contributed by atoms with Crippen LogP contribution in [0.1, 0.15) is 11.3 Å². The molecule has 0 radical (unpaired) electrons. The smallest absolute Gasteiger partial charge is 0.229 e. The first-order valence-corrected chi connectivity index (χ1v) is 10.3. The lowest BCUT2D eigenvalue weighted by atomic mass is 10.3. The number of sulfonamides is 1. The Morgan fingerprint density at radius 2 is 2.21 bits per heavy atom. The molecule has 19 heavy (non-hydrogen) atoms. The lowest BCUT2D eigenvalue weighted by Crippen LogP contribution is -2.37. The van der Waals surface area contributed by atoms with Crippen molar-refractivity contribution in [2.45, 2.75) is 23.2 Å². The third-order valence-electron chi connectivity index (χ3n) is 3.16. The van der Waals surface area contributed by atoms with Crippen LogP contribution in [0.25, 0.3) is 0 Å². The quantitative estimate of drug-likeness (QED) is 0.772. The van der Waals surface area contributed by atoms with Gasteiger partial charge in [-0.1, -0.05) is 0 Å². The summed E-state index contributed by atoms with van der Waals surface area (Å²) in [7, 11) is -5.32. The number of alkyl halides is 1. The van der Waals surface area contributed by atoms with Crippen molar-refractivity contribution in [1.82, 2.24) is 4.31 Å². The first kappa shape index (κ1) is 15.2. The van der Waals surface area contributed by atoms with Crippen molar-refractivity contribution < 1.29 is 16.8 Å². The Bertz CT molecular complexity index is 665. The summed E-state index contributed by atoms with van der Waals surface area (Å²) in [4.78, 5) is 0.952. The first-order valence-electron chi connectivity index (χ1n) is 5.58. The molecule has 1 saturated heterocycles. The second-order valence-electron chi connectivity index (χ2n) is 4.46. The summed E-state index contributed by atoms with van der Waals surface area (Å²) < 4.78 is 48.7. The van der Waals surface area contributed by atoms with Crippen LogP contribution >= 0.6 is 22.9 Å².